The summed E-state index contributed by atoms with van der Waals surface area (Å²) in [6.07, 6.45) is 0. The lowest BCUT2D eigenvalue weighted by Gasteiger charge is -2.18. The summed E-state index contributed by atoms with van der Waals surface area (Å²) < 4.78 is 1.14. The predicted molar refractivity (Wildman–Crippen MR) is 71.1 cm³/mol. The number of aryl methyl sites for hydroxylation is 1. The number of hydrogen-bond donors (Lipinski definition) is 0. The van der Waals surface area contributed by atoms with Gasteiger partial charge in [0.15, 0.2) is 0 Å². The number of hydrogen-bond acceptors (Lipinski definition) is 1. The van der Waals surface area contributed by atoms with E-state index in [0.717, 1.165) is 22.2 Å². The van der Waals surface area contributed by atoms with E-state index in [4.69, 9.17) is 0 Å². The summed E-state index contributed by atoms with van der Waals surface area (Å²) in [4.78, 5) is 13.8. The maximum absolute atomic E-state index is 12.0. The van der Waals surface area contributed by atoms with Crippen molar-refractivity contribution in [2.75, 3.05) is 13.1 Å². The number of halogens is 1. The normalized spacial score (nSPS) is 10.1. The molecule has 0 aliphatic heterocycles. The molecule has 1 rings (SSSR count). The minimum Gasteiger partial charge on any atom is -0.339 e. The molecule has 0 fully saturated rings. The number of rotatable bonds is 3. The fourth-order valence-electron chi connectivity index (χ4n) is 1.42. The van der Waals surface area contributed by atoms with Crippen molar-refractivity contribution >= 4 is 28.5 Å². The maximum Gasteiger partial charge on any atom is 0.253 e. The molecule has 82 valence electrons. The molecule has 0 radical (unpaired) electrons. The molecule has 2 nitrogen and oxygen atoms in total. The number of carbonyl (C=O) groups is 1. The highest BCUT2D eigenvalue weighted by atomic mass is 127. The van der Waals surface area contributed by atoms with Gasteiger partial charge < -0.3 is 4.90 Å². The Hall–Kier alpha value is -0.580. The van der Waals surface area contributed by atoms with E-state index < -0.39 is 0 Å². The van der Waals surface area contributed by atoms with Crippen LogP contribution in [0.1, 0.15) is 29.8 Å². The van der Waals surface area contributed by atoms with Crippen LogP contribution in [0, 0.1) is 10.5 Å². The Morgan fingerprint density at radius 1 is 1.33 bits per heavy atom. The smallest absolute Gasteiger partial charge is 0.253 e. The molecule has 15 heavy (non-hydrogen) atoms. The zero-order valence-electron chi connectivity index (χ0n) is 9.38. The molecule has 0 saturated carbocycles. The average Bonchev–Trinajstić information content (AvgIpc) is 2.23. The van der Waals surface area contributed by atoms with Crippen LogP contribution >= 0.6 is 22.6 Å². The third kappa shape index (κ3) is 2.93. The number of benzene rings is 1. The second-order valence-electron chi connectivity index (χ2n) is 3.44. The van der Waals surface area contributed by atoms with Gasteiger partial charge in [0.25, 0.3) is 5.91 Å². The van der Waals surface area contributed by atoms with E-state index >= 15 is 0 Å². The van der Waals surface area contributed by atoms with E-state index in [1.807, 2.05) is 43.9 Å². The minimum atomic E-state index is 0.123. The van der Waals surface area contributed by atoms with Crippen LogP contribution in [0.15, 0.2) is 18.2 Å². The number of nitrogens with zero attached hydrogens (tertiary/aromatic N) is 1. The van der Waals surface area contributed by atoms with Crippen molar-refractivity contribution in [1.29, 1.82) is 0 Å². The minimum absolute atomic E-state index is 0.123. The summed E-state index contributed by atoms with van der Waals surface area (Å²) in [5, 5.41) is 0. The van der Waals surface area contributed by atoms with Gasteiger partial charge in [0.2, 0.25) is 0 Å². The molecule has 1 aromatic carbocycles. The zero-order chi connectivity index (χ0) is 11.4. The summed E-state index contributed by atoms with van der Waals surface area (Å²) in [5.74, 6) is 0.123. The summed E-state index contributed by atoms with van der Waals surface area (Å²) in [7, 11) is 0. The Kier molecular flexibility index (Phi) is 4.57. The van der Waals surface area contributed by atoms with Crippen molar-refractivity contribution in [3.05, 3.63) is 32.9 Å². The first-order chi connectivity index (χ1) is 7.10. The first-order valence-corrected chi connectivity index (χ1v) is 6.23. The number of amides is 1. The van der Waals surface area contributed by atoms with Crippen LogP contribution in [0.25, 0.3) is 0 Å². The van der Waals surface area contributed by atoms with Gasteiger partial charge in [-0.1, -0.05) is 6.07 Å². The monoisotopic (exact) mass is 317 g/mol. The Bertz CT molecular complexity index is 359. The molecule has 0 atom stereocenters. The van der Waals surface area contributed by atoms with Gasteiger partial charge in [-0.2, -0.15) is 0 Å². The molecular weight excluding hydrogens is 301 g/mol. The van der Waals surface area contributed by atoms with E-state index in [1.165, 1.54) is 5.56 Å². The lowest BCUT2D eigenvalue weighted by atomic mass is 10.1. The molecule has 0 N–H and O–H groups in total. The third-order valence-corrected chi connectivity index (χ3v) is 3.63. The van der Waals surface area contributed by atoms with Gasteiger partial charge >= 0.3 is 0 Å². The molecule has 0 aromatic heterocycles. The molecule has 0 unspecified atom stereocenters. The Morgan fingerprint density at radius 3 is 2.40 bits per heavy atom. The SMILES string of the molecule is CCN(CC)C(=O)c1ccc(C)c(I)c1. The quantitative estimate of drug-likeness (QED) is 0.785. The highest BCUT2D eigenvalue weighted by Gasteiger charge is 2.12. The second-order valence-corrected chi connectivity index (χ2v) is 4.60. The van der Waals surface area contributed by atoms with E-state index in [9.17, 15) is 4.79 Å². The number of carbonyl (C=O) groups excluding carboxylic acids is 1. The molecule has 0 bridgehead atoms. The topological polar surface area (TPSA) is 20.3 Å². The van der Waals surface area contributed by atoms with Gasteiger partial charge in [0, 0.05) is 22.2 Å². The van der Waals surface area contributed by atoms with E-state index in [0.29, 0.717) is 0 Å². The van der Waals surface area contributed by atoms with Crippen molar-refractivity contribution in [3.63, 3.8) is 0 Å². The third-order valence-electron chi connectivity index (χ3n) is 2.47. The molecule has 1 aromatic rings. The largest absolute Gasteiger partial charge is 0.339 e. The van der Waals surface area contributed by atoms with E-state index in [1.54, 1.807) is 0 Å². The Morgan fingerprint density at radius 2 is 1.93 bits per heavy atom. The van der Waals surface area contributed by atoms with Crippen LogP contribution in [0.4, 0.5) is 0 Å². The summed E-state index contributed by atoms with van der Waals surface area (Å²) in [6.45, 7) is 7.58. The summed E-state index contributed by atoms with van der Waals surface area (Å²) >= 11 is 2.26. The molecule has 0 spiro atoms. The molecular formula is C12H16INO. The Labute approximate surface area is 105 Å². The van der Waals surface area contributed by atoms with Crippen molar-refractivity contribution in [3.8, 4) is 0 Å². The van der Waals surface area contributed by atoms with Gasteiger partial charge in [0.1, 0.15) is 0 Å². The first kappa shape index (κ1) is 12.5. The van der Waals surface area contributed by atoms with Gasteiger partial charge in [0.05, 0.1) is 0 Å². The van der Waals surface area contributed by atoms with E-state index in [-0.39, 0.29) is 5.91 Å². The summed E-state index contributed by atoms with van der Waals surface area (Å²) in [5.41, 5.74) is 2.00. The second kappa shape index (κ2) is 5.49. The average molecular weight is 317 g/mol. The lowest BCUT2D eigenvalue weighted by Crippen LogP contribution is -2.30. The molecule has 0 aliphatic carbocycles. The molecule has 0 saturated heterocycles. The van der Waals surface area contributed by atoms with Gasteiger partial charge in [-0.15, -0.1) is 0 Å². The summed E-state index contributed by atoms with van der Waals surface area (Å²) in [6, 6.07) is 5.85. The van der Waals surface area contributed by atoms with Crippen molar-refractivity contribution < 1.29 is 4.79 Å². The van der Waals surface area contributed by atoms with Crippen molar-refractivity contribution in [2.45, 2.75) is 20.8 Å². The fourth-order valence-corrected chi connectivity index (χ4v) is 1.93. The molecule has 0 heterocycles. The zero-order valence-corrected chi connectivity index (χ0v) is 11.5. The lowest BCUT2D eigenvalue weighted by molar-refractivity contribution is 0.0773. The molecule has 1 amide bonds. The van der Waals surface area contributed by atoms with Crippen LogP contribution in [0.5, 0.6) is 0 Å². The van der Waals surface area contributed by atoms with Crippen LogP contribution in [0.3, 0.4) is 0 Å². The van der Waals surface area contributed by atoms with Crippen molar-refractivity contribution in [2.24, 2.45) is 0 Å². The Balaban J connectivity index is 2.96. The van der Waals surface area contributed by atoms with Gasteiger partial charge in [-0.25, -0.2) is 0 Å². The molecule has 3 heteroatoms. The van der Waals surface area contributed by atoms with Gasteiger partial charge in [-0.3, -0.25) is 4.79 Å². The van der Waals surface area contributed by atoms with Crippen LogP contribution in [-0.2, 0) is 0 Å². The van der Waals surface area contributed by atoms with Crippen LogP contribution in [-0.4, -0.2) is 23.9 Å². The van der Waals surface area contributed by atoms with Crippen LogP contribution in [0.2, 0.25) is 0 Å². The first-order valence-electron chi connectivity index (χ1n) is 5.15. The van der Waals surface area contributed by atoms with Crippen LogP contribution < -0.4 is 0 Å². The highest BCUT2D eigenvalue weighted by Crippen LogP contribution is 2.14. The standard InChI is InChI=1S/C12H16INO/c1-4-14(5-2)12(15)10-7-6-9(3)11(13)8-10/h6-8H,4-5H2,1-3H3. The van der Waals surface area contributed by atoms with Gasteiger partial charge in [-0.05, 0) is 61.1 Å². The fraction of sp³-hybridized carbons (Fsp3) is 0.417. The van der Waals surface area contributed by atoms with E-state index in [2.05, 4.69) is 22.6 Å². The van der Waals surface area contributed by atoms with Crippen molar-refractivity contribution in [1.82, 2.24) is 4.90 Å². The highest BCUT2D eigenvalue weighted by molar-refractivity contribution is 14.1. The predicted octanol–water partition coefficient (Wildman–Crippen LogP) is 3.08. The molecule has 0 aliphatic rings. The maximum atomic E-state index is 12.0.